The molecule has 1 unspecified atom stereocenters. The Morgan fingerprint density at radius 1 is 1.43 bits per heavy atom. The number of ether oxygens (including phenoxy) is 1. The van der Waals surface area contributed by atoms with E-state index in [0.29, 0.717) is 6.61 Å². The highest BCUT2D eigenvalue weighted by molar-refractivity contribution is 5.82. The number of hydrogen-bond acceptors (Lipinski definition) is 3. The molecular formula is C10H17NO3. The Bertz CT molecular complexity index is 215. The van der Waals surface area contributed by atoms with Gasteiger partial charge < -0.3 is 10.1 Å². The third kappa shape index (κ3) is 3.77. The lowest BCUT2D eigenvalue weighted by Crippen LogP contribution is -2.40. The van der Waals surface area contributed by atoms with Gasteiger partial charge >= 0.3 is 5.97 Å². The van der Waals surface area contributed by atoms with Crippen molar-refractivity contribution in [1.82, 2.24) is 5.32 Å². The summed E-state index contributed by atoms with van der Waals surface area (Å²) in [5.74, 6) is -0.302. The molecule has 14 heavy (non-hydrogen) atoms. The lowest BCUT2D eigenvalue weighted by Gasteiger charge is -2.20. The molecule has 0 spiro atoms. The van der Waals surface area contributed by atoms with Gasteiger partial charge in [-0.15, -0.1) is 0 Å². The van der Waals surface area contributed by atoms with E-state index in [1.807, 2.05) is 0 Å². The average Bonchev–Trinajstić information content (AvgIpc) is 2.16. The maximum Gasteiger partial charge on any atom is 0.306 e. The predicted molar refractivity (Wildman–Crippen MR) is 51.6 cm³/mol. The maximum atomic E-state index is 11.2. The highest BCUT2D eigenvalue weighted by Gasteiger charge is 2.18. The first-order valence-corrected chi connectivity index (χ1v) is 5.17. The Balaban J connectivity index is 2.40. The fraction of sp³-hybridized carbons (Fsp3) is 0.800. The number of esters is 1. The van der Waals surface area contributed by atoms with Crippen LogP contribution in [0.4, 0.5) is 0 Å². The zero-order chi connectivity index (χ0) is 10.4. The molecule has 0 radical (unpaired) electrons. The minimum atomic E-state index is -0.263. The van der Waals surface area contributed by atoms with Gasteiger partial charge in [-0.05, 0) is 6.42 Å². The Morgan fingerprint density at radius 3 is 2.93 bits per heavy atom. The van der Waals surface area contributed by atoms with Crippen molar-refractivity contribution < 1.29 is 14.3 Å². The summed E-state index contributed by atoms with van der Waals surface area (Å²) in [6.45, 7) is 2.42. The van der Waals surface area contributed by atoms with E-state index < -0.39 is 0 Å². The van der Waals surface area contributed by atoms with Gasteiger partial charge in [-0.3, -0.25) is 9.59 Å². The van der Waals surface area contributed by atoms with E-state index >= 15 is 0 Å². The second-order valence-electron chi connectivity index (χ2n) is 3.59. The van der Waals surface area contributed by atoms with Crippen LogP contribution in [0.5, 0.6) is 0 Å². The van der Waals surface area contributed by atoms with Gasteiger partial charge in [0.25, 0.3) is 0 Å². The van der Waals surface area contributed by atoms with E-state index in [1.54, 1.807) is 0 Å². The van der Waals surface area contributed by atoms with Crippen molar-refractivity contribution in [1.29, 1.82) is 0 Å². The molecule has 1 aliphatic heterocycles. The standard InChI is InChI=1S/C10H17NO3/c1-2-3-4-8-7-14-10(13)6-5-9(12)11-8/h8H,2-7H2,1H3,(H,11,12). The van der Waals surface area contributed by atoms with Crippen LogP contribution in [0.2, 0.25) is 0 Å². The molecule has 0 saturated carbocycles. The highest BCUT2D eigenvalue weighted by atomic mass is 16.5. The molecule has 0 aromatic carbocycles. The van der Waals surface area contributed by atoms with E-state index in [-0.39, 0.29) is 30.8 Å². The fourth-order valence-electron chi connectivity index (χ4n) is 1.43. The number of amides is 1. The molecular weight excluding hydrogens is 182 g/mol. The summed E-state index contributed by atoms with van der Waals surface area (Å²) in [5, 5.41) is 2.86. The third-order valence-electron chi connectivity index (χ3n) is 2.27. The molecule has 4 heteroatoms. The van der Waals surface area contributed by atoms with Gasteiger partial charge in [0.05, 0.1) is 12.5 Å². The summed E-state index contributed by atoms with van der Waals surface area (Å²) in [6, 6.07) is 0.00620. The van der Waals surface area contributed by atoms with E-state index in [9.17, 15) is 9.59 Å². The van der Waals surface area contributed by atoms with E-state index in [2.05, 4.69) is 12.2 Å². The SMILES string of the molecule is CCCCC1COC(=O)CCC(=O)N1. The summed E-state index contributed by atoms with van der Waals surface area (Å²) in [6.07, 6.45) is 3.46. The first kappa shape index (κ1) is 11.0. The van der Waals surface area contributed by atoms with Crippen molar-refractivity contribution >= 4 is 11.9 Å². The molecule has 1 heterocycles. The first-order chi connectivity index (χ1) is 6.72. The molecule has 80 valence electrons. The van der Waals surface area contributed by atoms with Crippen molar-refractivity contribution in [2.75, 3.05) is 6.61 Å². The minimum absolute atomic E-state index is 0.00620. The zero-order valence-corrected chi connectivity index (χ0v) is 8.54. The van der Waals surface area contributed by atoms with Gasteiger partial charge in [0, 0.05) is 6.42 Å². The third-order valence-corrected chi connectivity index (χ3v) is 2.27. The largest absolute Gasteiger partial charge is 0.463 e. The van der Waals surface area contributed by atoms with Crippen molar-refractivity contribution in [3.05, 3.63) is 0 Å². The van der Waals surface area contributed by atoms with Crippen LogP contribution in [-0.2, 0) is 14.3 Å². The summed E-state index contributed by atoms with van der Waals surface area (Å²) in [4.78, 5) is 22.2. The molecule has 1 amide bonds. The number of rotatable bonds is 3. The second kappa shape index (κ2) is 5.62. The minimum Gasteiger partial charge on any atom is -0.463 e. The van der Waals surface area contributed by atoms with Crippen LogP contribution in [0.1, 0.15) is 39.0 Å². The summed E-state index contributed by atoms with van der Waals surface area (Å²) in [7, 11) is 0. The summed E-state index contributed by atoms with van der Waals surface area (Å²) in [5.41, 5.74) is 0. The quantitative estimate of drug-likeness (QED) is 0.690. The maximum absolute atomic E-state index is 11.2. The van der Waals surface area contributed by atoms with Crippen molar-refractivity contribution in [2.24, 2.45) is 0 Å². The molecule has 1 N–H and O–H groups in total. The Labute approximate surface area is 84.0 Å². The average molecular weight is 199 g/mol. The summed E-state index contributed by atoms with van der Waals surface area (Å²) < 4.78 is 4.99. The van der Waals surface area contributed by atoms with Crippen LogP contribution < -0.4 is 5.32 Å². The van der Waals surface area contributed by atoms with Crippen molar-refractivity contribution in [3.8, 4) is 0 Å². The Morgan fingerprint density at radius 2 is 2.21 bits per heavy atom. The van der Waals surface area contributed by atoms with Gasteiger partial charge in [-0.1, -0.05) is 19.8 Å². The van der Waals surface area contributed by atoms with Gasteiger partial charge in [0.2, 0.25) is 5.91 Å². The Hall–Kier alpha value is -1.06. The molecule has 1 rings (SSSR count). The summed E-state index contributed by atoms with van der Waals surface area (Å²) >= 11 is 0. The lowest BCUT2D eigenvalue weighted by atomic mass is 10.1. The van der Waals surface area contributed by atoms with Crippen LogP contribution in [0, 0.1) is 0 Å². The van der Waals surface area contributed by atoms with E-state index in [1.165, 1.54) is 0 Å². The number of nitrogens with one attached hydrogen (secondary N) is 1. The molecule has 1 saturated heterocycles. The fourth-order valence-corrected chi connectivity index (χ4v) is 1.43. The van der Waals surface area contributed by atoms with Gasteiger partial charge in [-0.2, -0.15) is 0 Å². The number of carbonyl (C=O) groups excluding carboxylic acids is 2. The van der Waals surface area contributed by atoms with Crippen LogP contribution in [0.3, 0.4) is 0 Å². The number of hydrogen-bond donors (Lipinski definition) is 1. The molecule has 1 fully saturated rings. The molecule has 1 aliphatic rings. The normalized spacial score (nSPS) is 23.4. The zero-order valence-electron chi connectivity index (χ0n) is 8.54. The highest BCUT2D eigenvalue weighted by Crippen LogP contribution is 2.06. The lowest BCUT2D eigenvalue weighted by molar-refractivity contribution is -0.148. The number of carbonyl (C=O) groups is 2. The number of unbranched alkanes of at least 4 members (excludes halogenated alkanes) is 1. The van der Waals surface area contributed by atoms with Crippen LogP contribution >= 0.6 is 0 Å². The van der Waals surface area contributed by atoms with Crippen LogP contribution in [0.15, 0.2) is 0 Å². The molecule has 0 bridgehead atoms. The molecule has 1 atom stereocenters. The van der Waals surface area contributed by atoms with Gasteiger partial charge in [0.1, 0.15) is 6.61 Å². The first-order valence-electron chi connectivity index (χ1n) is 5.17. The molecule has 4 nitrogen and oxygen atoms in total. The van der Waals surface area contributed by atoms with Crippen LogP contribution in [0.25, 0.3) is 0 Å². The van der Waals surface area contributed by atoms with Gasteiger partial charge in [-0.25, -0.2) is 0 Å². The second-order valence-corrected chi connectivity index (χ2v) is 3.59. The molecule has 0 aromatic heterocycles. The van der Waals surface area contributed by atoms with E-state index in [4.69, 9.17) is 4.74 Å². The monoisotopic (exact) mass is 199 g/mol. The van der Waals surface area contributed by atoms with Crippen molar-refractivity contribution in [2.45, 2.75) is 45.1 Å². The Kier molecular flexibility index (Phi) is 4.43. The predicted octanol–water partition coefficient (Wildman–Crippen LogP) is 0.998. The van der Waals surface area contributed by atoms with E-state index in [0.717, 1.165) is 19.3 Å². The number of cyclic esters (lactones) is 1. The van der Waals surface area contributed by atoms with Crippen LogP contribution in [-0.4, -0.2) is 24.5 Å². The topological polar surface area (TPSA) is 55.4 Å². The van der Waals surface area contributed by atoms with Gasteiger partial charge in [0.15, 0.2) is 0 Å². The van der Waals surface area contributed by atoms with Crippen molar-refractivity contribution in [3.63, 3.8) is 0 Å². The molecule has 0 aliphatic carbocycles. The molecule has 0 aromatic rings. The smallest absolute Gasteiger partial charge is 0.306 e.